The van der Waals surface area contributed by atoms with E-state index in [0.717, 1.165) is 25.7 Å². The summed E-state index contributed by atoms with van der Waals surface area (Å²) < 4.78 is 14.3. The molecule has 0 spiro atoms. The second-order valence-corrected chi connectivity index (χ2v) is 8.49. The molecule has 1 saturated carbocycles. The van der Waals surface area contributed by atoms with Crippen LogP contribution >= 0.6 is 11.6 Å². The fraction of sp³-hybridized carbons (Fsp3) is 0.391. The lowest BCUT2D eigenvalue weighted by Gasteiger charge is -2.32. The first-order valence-corrected chi connectivity index (χ1v) is 10.7. The number of hydrogen-bond donors (Lipinski definition) is 1. The van der Waals surface area contributed by atoms with E-state index in [2.05, 4.69) is 5.32 Å². The maximum Gasteiger partial charge on any atom is 0.248 e. The van der Waals surface area contributed by atoms with Crippen LogP contribution in [-0.2, 0) is 9.59 Å². The van der Waals surface area contributed by atoms with Crippen LogP contribution in [-0.4, -0.2) is 31.4 Å². The maximum atomic E-state index is 14.3. The van der Waals surface area contributed by atoms with Gasteiger partial charge in [-0.1, -0.05) is 36.9 Å². The Morgan fingerprint density at radius 2 is 1.90 bits per heavy atom. The van der Waals surface area contributed by atoms with Gasteiger partial charge in [0, 0.05) is 35.1 Å². The molecular weight excluding hydrogens is 405 g/mol. The van der Waals surface area contributed by atoms with Crippen LogP contribution in [0, 0.1) is 5.82 Å². The number of likely N-dealkylation sites (N-methyl/N-ethyl adjacent to an activating group) is 1. The van der Waals surface area contributed by atoms with Crippen molar-refractivity contribution in [3.63, 3.8) is 0 Å². The number of nitrogens with zero attached hydrogens (tertiary/aromatic N) is 2. The highest BCUT2D eigenvalue weighted by Crippen LogP contribution is 2.37. The number of anilines is 2. The minimum atomic E-state index is -0.978. The van der Waals surface area contributed by atoms with E-state index >= 15 is 0 Å². The second-order valence-electron chi connectivity index (χ2n) is 8.05. The minimum Gasteiger partial charge on any atom is -0.365 e. The van der Waals surface area contributed by atoms with Gasteiger partial charge in [0.25, 0.3) is 0 Å². The lowest BCUT2D eigenvalue weighted by Crippen LogP contribution is -2.47. The van der Waals surface area contributed by atoms with Gasteiger partial charge in [-0.25, -0.2) is 4.39 Å². The average Bonchev–Trinajstić information content (AvgIpc) is 2.82. The van der Waals surface area contributed by atoms with Gasteiger partial charge in [-0.15, -0.1) is 0 Å². The summed E-state index contributed by atoms with van der Waals surface area (Å²) >= 11 is 6.18. The number of nitrogens with one attached hydrogen (secondary N) is 1. The molecule has 0 bridgehead atoms. The highest BCUT2D eigenvalue weighted by molar-refractivity contribution is 6.31. The van der Waals surface area contributed by atoms with Crippen molar-refractivity contribution in [3.8, 4) is 0 Å². The van der Waals surface area contributed by atoms with Crippen LogP contribution < -0.4 is 15.1 Å². The molecule has 7 heteroatoms. The van der Waals surface area contributed by atoms with Crippen LogP contribution in [0.1, 0.15) is 43.7 Å². The molecule has 2 amide bonds. The zero-order chi connectivity index (χ0) is 21.3. The molecule has 4 rings (SSSR count). The van der Waals surface area contributed by atoms with E-state index in [-0.39, 0.29) is 24.4 Å². The Labute approximate surface area is 180 Å². The van der Waals surface area contributed by atoms with Gasteiger partial charge in [-0.2, -0.15) is 0 Å². The third kappa shape index (κ3) is 4.15. The van der Waals surface area contributed by atoms with Gasteiger partial charge in [0.05, 0.1) is 6.54 Å². The number of amides is 2. The lowest BCUT2D eigenvalue weighted by atomic mass is 9.94. The summed E-state index contributed by atoms with van der Waals surface area (Å²) in [6.07, 6.45) is 5.14. The van der Waals surface area contributed by atoms with Crippen LogP contribution in [0.2, 0.25) is 5.02 Å². The normalized spacial score (nSPS) is 20.0. The standard InChI is InChI=1S/C23H25ClFN3O2/c1-27-14-21(29)28(18-9-5-6-15(24)12-18)22(19-13-16(25)10-11-20(19)27)23(30)26-17-7-3-2-4-8-17/h5-6,9-13,17,22H,2-4,7-8,14H2,1H3,(H,26,30). The Bertz CT molecular complexity index is 961. The fourth-order valence-corrected chi connectivity index (χ4v) is 4.63. The zero-order valence-corrected chi connectivity index (χ0v) is 17.7. The highest BCUT2D eigenvalue weighted by Gasteiger charge is 2.39. The number of benzene rings is 2. The number of rotatable bonds is 3. The van der Waals surface area contributed by atoms with Gasteiger partial charge in [0.1, 0.15) is 11.9 Å². The van der Waals surface area contributed by atoms with Crippen molar-refractivity contribution in [2.24, 2.45) is 0 Å². The fourth-order valence-electron chi connectivity index (χ4n) is 4.44. The topological polar surface area (TPSA) is 52.7 Å². The summed E-state index contributed by atoms with van der Waals surface area (Å²) in [5.41, 5.74) is 1.65. The van der Waals surface area contributed by atoms with E-state index in [1.807, 2.05) is 0 Å². The number of carbonyl (C=O) groups is 2. The van der Waals surface area contributed by atoms with Gasteiger partial charge in [-0.05, 0) is 49.2 Å². The first kappa shape index (κ1) is 20.7. The Hall–Kier alpha value is -2.60. The molecule has 30 heavy (non-hydrogen) atoms. The number of fused-ring (bicyclic) bond motifs is 1. The molecule has 0 saturated heterocycles. The van der Waals surface area contributed by atoms with Crippen molar-refractivity contribution in [3.05, 3.63) is 58.9 Å². The number of halogens is 2. The molecule has 158 valence electrons. The van der Waals surface area contributed by atoms with E-state index in [9.17, 15) is 14.0 Å². The molecule has 1 aliphatic heterocycles. The quantitative estimate of drug-likeness (QED) is 0.784. The Kier molecular flexibility index (Phi) is 5.95. The lowest BCUT2D eigenvalue weighted by molar-refractivity contribution is -0.126. The van der Waals surface area contributed by atoms with E-state index in [1.165, 1.54) is 23.5 Å². The predicted molar refractivity (Wildman–Crippen MR) is 116 cm³/mol. The summed E-state index contributed by atoms with van der Waals surface area (Å²) in [7, 11) is 1.77. The van der Waals surface area contributed by atoms with Crippen molar-refractivity contribution >= 4 is 34.8 Å². The zero-order valence-electron chi connectivity index (χ0n) is 16.9. The van der Waals surface area contributed by atoms with Crippen molar-refractivity contribution in [2.75, 3.05) is 23.4 Å². The molecule has 1 fully saturated rings. The van der Waals surface area contributed by atoms with Crippen molar-refractivity contribution in [1.29, 1.82) is 0 Å². The van der Waals surface area contributed by atoms with Crippen LogP contribution in [0.25, 0.3) is 0 Å². The molecule has 1 N–H and O–H groups in total. The van der Waals surface area contributed by atoms with E-state index in [0.29, 0.717) is 22.0 Å². The molecule has 2 aromatic rings. The summed E-state index contributed by atoms with van der Waals surface area (Å²) in [6, 6.07) is 10.3. The van der Waals surface area contributed by atoms with Crippen molar-refractivity contribution in [2.45, 2.75) is 44.2 Å². The van der Waals surface area contributed by atoms with Gasteiger partial charge >= 0.3 is 0 Å². The summed E-state index contributed by atoms with van der Waals surface area (Å²) in [5.74, 6) is -0.990. The smallest absolute Gasteiger partial charge is 0.248 e. The van der Waals surface area contributed by atoms with E-state index < -0.39 is 11.9 Å². The van der Waals surface area contributed by atoms with Crippen molar-refractivity contribution in [1.82, 2.24) is 5.32 Å². The van der Waals surface area contributed by atoms with E-state index in [1.54, 1.807) is 42.3 Å². The first-order valence-electron chi connectivity index (χ1n) is 10.3. The largest absolute Gasteiger partial charge is 0.365 e. The Morgan fingerprint density at radius 1 is 1.13 bits per heavy atom. The third-order valence-corrected chi connectivity index (χ3v) is 6.12. The van der Waals surface area contributed by atoms with E-state index in [4.69, 9.17) is 11.6 Å². The molecule has 0 radical (unpaired) electrons. The summed E-state index contributed by atoms with van der Waals surface area (Å²) in [6.45, 7) is 0.0678. The van der Waals surface area contributed by atoms with Gasteiger partial charge < -0.3 is 10.2 Å². The molecule has 5 nitrogen and oxygen atoms in total. The Balaban J connectivity index is 1.81. The van der Waals surface area contributed by atoms with Crippen LogP contribution in [0.4, 0.5) is 15.8 Å². The predicted octanol–water partition coefficient (Wildman–Crippen LogP) is 4.45. The number of hydrogen-bond acceptors (Lipinski definition) is 3. The number of carbonyl (C=O) groups excluding carboxylic acids is 2. The molecular formula is C23H25ClFN3O2. The third-order valence-electron chi connectivity index (χ3n) is 5.88. The van der Waals surface area contributed by atoms with Crippen molar-refractivity contribution < 1.29 is 14.0 Å². The molecule has 0 aromatic heterocycles. The van der Waals surface area contributed by atoms with Gasteiger partial charge in [0.15, 0.2) is 0 Å². The summed E-state index contributed by atoms with van der Waals surface area (Å²) in [4.78, 5) is 30.0. The molecule has 1 atom stereocenters. The monoisotopic (exact) mass is 429 g/mol. The van der Waals surface area contributed by atoms with Gasteiger partial charge in [0.2, 0.25) is 11.8 Å². The second kappa shape index (κ2) is 8.64. The SMILES string of the molecule is CN1CC(=O)N(c2cccc(Cl)c2)C(C(=O)NC2CCCCC2)c2cc(F)ccc21. The van der Waals surface area contributed by atoms with Crippen LogP contribution in [0.15, 0.2) is 42.5 Å². The molecule has 1 aliphatic carbocycles. The summed E-state index contributed by atoms with van der Waals surface area (Å²) in [5, 5.41) is 3.58. The molecule has 2 aliphatic rings. The van der Waals surface area contributed by atoms with Crippen LogP contribution in [0.5, 0.6) is 0 Å². The Morgan fingerprint density at radius 3 is 2.63 bits per heavy atom. The molecule has 1 unspecified atom stereocenters. The highest BCUT2D eigenvalue weighted by atomic mass is 35.5. The minimum absolute atomic E-state index is 0.0678. The maximum absolute atomic E-state index is 14.3. The molecule has 2 aromatic carbocycles. The average molecular weight is 430 g/mol. The molecule has 1 heterocycles. The van der Waals surface area contributed by atoms with Crippen LogP contribution in [0.3, 0.4) is 0 Å². The first-order chi connectivity index (χ1) is 14.4. The van der Waals surface area contributed by atoms with Gasteiger partial charge in [-0.3, -0.25) is 14.5 Å².